The van der Waals surface area contributed by atoms with E-state index in [2.05, 4.69) is 42.3 Å². The van der Waals surface area contributed by atoms with Crippen molar-refractivity contribution >= 4 is 11.6 Å². The number of amides is 1. The number of nitrogens with zero attached hydrogens (tertiary/aromatic N) is 2. The molecule has 6 atom stereocenters. The minimum absolute atomic E-state index is 0.0679. The second-order valence-corrected chi connectivity index (χ2v) is 11.8. The normalized spacial score (nSPS) is 40.1. The third-order valence-corrected chi connectivity index (χ3v) is 10.1. The zero-order valence-corrected chi connectivity index (χ0v) is 20.8. The van der Waals surface area contributed by atoms with Crippen LogP contribution in [-0.4, -0.2) is 33.9 Å². The van der Waals surface area contributed by atoms with Crippen LogP contribution in [-0.2, 0) is 16.2 Å². The van der Waals surface area contributed by atoms with E-state index in [0.717, 1.165) is 43.4 Å². The molecule has 0 bridgehead atoms. The Morgan fingerprint density at radius 3 is 2.79 bits per heavy atom. The molecule has 0 aliphatic heterocycles. The predicted octanol–water partition coefficient (Wildman–Crippen LogP) is 4.78. The number of oxime groups is 1. The monoisotopic (exact) mass is 465 g/mol. The van der Waals surface area contributed by atoms with Crippen LogP contribution in [0.3, 0.4) is 0 Å². The molecular formula is C28H39N3O3. The van der Waals surface area contributed by atoms with Crippen molar-refractivity contribution in [3.05, 3.63) is 41.7 Å². The van der Waals surface area contributed by atoms with Crippen molar-refractivity contribution in [2.24, 2.45) is 33.7 Å². The standard InChI is InChI=1S/C28H39N3O3/c1-26-11-8-21(31-34-18-25(32)30-17-19-5-4-14-29-16-19)15-20(26)6-7-22-23(26)9-12-27(2)24(22)10-13-28(27,3)33/h4-5,14-16,22-24,33H,6-13,17-18H2,1-3H3,(H,30,32)/t22-,23+,24+,26+,27+,28+/m1/s1. The zero-order valence-electron chi connectivity index (χ0n) is 20.8. The van der Waals surface area contributed by atoms with E-state index < -0.39 is 5.60 Å². The minimum Gasteiger partial charge on any atom is -0.390 e. The van der Waals surface area contributed by atoms with Gasteiger partial charge in [-0.25, -0.2) is 0 Å². The fourth-order valence-electron chi connectivity index (χ4n) is 7.81. The number of rotatable bonds is 5. The Morgan fingerprint density at radius 1 is 1.18 bits per heavy atom. The van der Waals surface area contributed by atoms with E-state index in [9.17, 15) is 9.90 Å². The Morgan fingerprint density at radius 2 is 2.00 bits per heavy atom. The molecule has 34 heavy (non-hydrogen) atoms. The van der Waals surface area contributed by atoms with Crippen molar-refractivity contribution in [2.45, 2.75) is 84.3 Å². The molecule has 0 aromatic carbocycles. The second-order valence-electron chi connectivity index (χ2n) is 11.8. The fourth-order valence-corrected chi connectivity index (χ4v) is 7.81. The topological polar surface area (TPSA) is 83.8 Å². The summed E-state index contributed by atoms with van der Waals surface area (Å²) in [6, 6.07) is 3.78. The summed E-state index contributed by atoms with van der Waals surface area (Å²) in [7, 11) is 0. The number of carbonyl (C=O) groups excluding carboxylic acids is 1. The van der Waals surface area contributed by atoms with Gasteiger partial charge in [0.05, 0.1) is 11.3 Å². The quantitative estimate of drug-likeness (QED) is 0.613. The number of allylic oxidation sites excluding steroid dienone is 2. The molecule has 1 aromatic rings. The Balaban J connectivity index is 1.20. The first-order chi connectivity index (χ1) is 16.2. The lowest BCUT2D eigenvalue weighted by Gasteiger charge is -2.59. The molecular weight excluding hydrogens is 426 g/mol. The number of nitrogens with one attached hydrogen (secondary N) is 1. The van der Waals surface area contributed by atoms with Gasteiger partial charge in [-0.05, 0) is 105 Å². The van der Waals surface area contributed by atoms with Crippen LogP contribution in [0.5, 0.6) is 0 Å². The predicted molar refractivity (Wildman–Crippen MR) is 132 cm³/mol. The molecule has 4 aliphatic rings. The number of aromatic nitrogens is 1. The minimum atomic E-state index is -0.520. The molecule has 6 nitrogen and oxygen atoms in total. The first kappa shape index (κ1) is 23.5. The highest BCUT2D eigenvalue weighted by Crippen LogP contribution is 2.67. The molecule has 2 N–H and O–H groups in total. The van der Waals surface area contributed by atoms with Crippen molar-refractivity contribution in [3.8, 4) is 0 Å². The molecule has 184 valence electrons. The summed E-state index contributed by atoms with van der Waals surface area (Å²) in [5, 5.41) is 18.3. The first-order valence-corrected chi connectivity index (χ1v) is 13.0. The summed E-state index contributed by atoms with van der Waals surface area (Å²) < 4.78 is 0. The van der Waals surface area contributed by atoms with Crippen LogP contribution in [0, 0.1) is 28.6 Å². The number of carbonyl (C=O) groups is 1. The Labute approximate surface area is 203 Å². The molecule has 6 heteroatoms. The van der Waals surface area contributed by atoms with E-state index in [1.165, 1.54) is 24.8 Å². The maximum atomic E-state index is 12.1. The Bertz CT molecular complexity index is 988. The van der Waals surface area contributed by atoms with Crippen LogP contribution in [0.4, 0.5) is 0 Å². The summed E-state index contributed by atoms with van der Waals surface area (Å²) in [6.07, 6.45) is 14.5. The van der Waals surface area contributed by atoms with E-state index in [1.54, 1.807) is 12.4 Å². The van der Waals surface area contributed by atoms with Gasteiger partial charge in [0, 0.05) is 18.9 Å². The van der Waals surface area contributed by atoms with E-state index in [4.69, 9.17) is 4.84 Å². The van der Waals surface area contributed by atoms with Crippen LogP contribution in [0.15, 0.2) is 41.3 Å². The van der Waals surface area contributed by atoms with Gasteiger partial charge >= 0.3 is 0 Å². The van der Waals surface area contributed by atoms with Gasteiger partial charge in [-0.1, -0.05) is 30.6 Å². The highest BCUT2D eigenvalue weighted by atomic mass is 16.6. The van der Waals surface area contributed by atoms with Gasteiger partial charge in [0.1, 0.15) is 0 Å². The molecule has 5 rings (SSSR count). The third kappa shape index (κ3) is 3.98. The largest absolute Gasteiger partial charge is 0.390 e. The average molecular weight is 466 g/mol. The maximum Gasteiger partial charge on any atom is 0.261 e. The van der Waals surface area contributed by atoms with Crippen molar-refractivity contribution < 1.29 is 14.7 Å². The maximum absolute atomic E-state index is 12.1. The molecule has 0 unspecified atom stereocenters. The molecule has 4 aliphatic carbocycles. The van der Waals surface area contributed by atoms with Crippen molar-refractivity contribution in [1.29, 1.82) is 0 Å². The lowest BCUT2D eigenvalue weighted by molar-refractivity contribution is -0.125. The Kier molecular flexibility index (Phi) is 6.07. The molecule has 3 fully saturated rings. The third-order valence-electron chi connectivity index (χ3n) is 10.1. The molecule has 1 aromatic heterocycles. The highest BCUT2D eigenvalue weighted by Gasteiger charge is 2.62. The van der Waals surface area contributed by atoms with Crippen LogP contribution in [0.1, 0.15) is 77.7 Å². The van der Waals surface area contributed by atoms with Gasteiger partial charge < -0.3 is 15.3 Å². The van der Waals surface area contributed by atoms with Gasteiger partial charge in [-0.15, -0.1) is 0 Å². The number of hydrogen-bond acceptors (Lipinski definition) is 5. The number of fused-ring (bicyclic) bond motifs is 5. The van der Waals surface area contributed by atoms with E-state index in [1.807, 2.05) is 12.1 Å². The van der Waals surface area contributed by atoms with Crippen LogP contribution < -0.4 is 5.32 Å². The van der Waals surface area contributed by atoms with Gasteiger partial charge in [-0.3, -0.25) is 9.78 Å². The van der Waals surface area contributed by atoms with Crippen molar-refractivity contribution in [1.82, 2.24) is 10.3 Å². The lowest BCUT2D eigenvalue weighted by Crippen LogP contribution is -2.53. The zero-order chi connectivity index (χ0) is 24.0. The van der Waals surface area contributed by atoms with Gasteiger partial charge in [0.2, 0.25) is 0 Å². The van der Waals surface area contributed by atoms with Gasteiger partial charge in [0.25, 0.3) is 5.91 Å². The molecule has 1 amide bonds. The molecule has 0 saturated heterocycles. The number of hydrogen-bond donors (Lipinski definition) is 2. The van der Waals surface area contributed by atoms with E-state index >= 15 is 0 Å². The average Bonchev–Trinajstić information content (AvgIpc) is 3.07. The summed E-state index contributed by atoms with van der Waals surface area (Å²) in [6.45, 7) is 7.26. The van der Waals surface area contributed by atoms with Crippen molar-refractivity contribution in [2.75, 3.05) is 6.61 Å². The molecule has 0 radical (unpaired) electrons. The molecule has 3 saturated carbocycles. The summed E-state index contributed by atoms with van der Waals surface area (Å²) in [5.74, 6) is 1.87. The highest BCUT2D eigenvalue weighted by molar-refractivity contribution is 5.96. The van der Waals surface area contributed by atoms with E-state index in [-0.39, 0.29) is 23.3 Å². The fraction of sp³-hybridized carbons (Fsp3) is 0.679. The van der Waals surface area contributed by atoms with Crippen LogP contribution in [0.2, 0.25) is 0 Å². The molecule has 0 spiro atoms. The van der Waals surface area contributed by atoms with E-state index in [0.29, 0.717) is 24.3 Å². The first-order valence-electron chi connectivity index (χ1n) is 13.0. The summed E-state index contributed by atoms with van der Waals surface area (Å²) in [4.78, 5) is 21.6. The lowest BCUT2D eigenvalue weighted by atomic mass is 9.46. The SMILES string of the molecule is C[C@]12CCC(=NOCC(=O)NCc3cccnc3)C=C1CC[C@@H]1[C@@H]2CC[C@@]2(C)[C@H]1CC[C@]2(C)O. The number of pyridine rings is 1. The van der Waals surface area contributed by atoms with Gasteiger partial charge in [-0.2, -0.15) is 0 Å². The molecule has 1 heterocycles. The summed E-state index contributed by atoms with van der Waals surface area (Å²) >= 11 is 0. The van der Waals surface area contributed by atoms with Gasteiger partial charge in [0.15, 0.2) is 6.61 Å². The second kappa shape index (κ2) is 8.78. The Hall–Kier alpha value is -2.21. The van der Waals surface area contributed by atoms with Crippen LogP contribution >= 0.6 is 0 Å². The van der Waals surface area contributed by atoms with Crippen molar-refractivity contribution in [3.63, 3.8) is 0 Å². The smallest absolute Gasteiger partial charge is 0.261 e. The van der Waals surface area contributed by atoms with Crippen LogP contribution in [0.25, 0.3) is 0 Å². The number of aliphatic hydroxyl groups is 1. The summed E-state index contributed by atoms with van der Waals surface area (Å²) in [5.41, 5.74) is 3.19.